The average Bonchev–Trinajstić information content (AvgIpc) is 3.26. The Balaban J connectivity index is 1.57. The fourth-order valence-electron chi connectivity index (χ4n) is 2.51. The third kappa shape index (κ3) is 2.74. The highest BCUT2D eigenvalue weighted by Crippen LogP contribution is 2.35. The van der Waals surface area contributed by atoms with Crippen molar-refractivity contribution >= 4 is 32.2 Å². The number of hydrogen-bond acceptors (Lipinski definition) is 5. The number of aromatic amines is 1. The van der Waals surface area contributed by atoms with Gasteiger partial charge >= 0.3 is 5.16 Å². The summed E-state index contributed by atoms with van der Waals surface area (Å²) in [5.41, 5.74) is 2.71. The Morgan fingerprint density at radius 1 is 1.21 bits per heavy atom. The molecule has 3 aromatic heterocycles. The standard InChI is InChI=1S/C16H12N6OS/c23-14(6-11-2-1-3-12-7-17-5-4-13(11)12)21-15-8-18-10-24(15)16-19-9-20-22-16/h1-5,7-10H,6H2,(H-,19,20,21,22,23)/p+1. The van der Waals surface area contributed by atoms with Crippen LogP contribution in [-0.2, 0) is 11.2 Å². The number of carbonyl (C=O) groups excluding carboxylic acids is 1. The molecule has 1 aromatic carbocycles. The van der Waals surface area contributed by atoms with Crippen molar-refractivity contribution in [3.8, 4) is 5.16 Å². The highest BCUT2D eigenvalue weighted by molar-refractivity contribution is 7.40. The maximum absolute atomic E-state index is 12.5. The van der Waals surface area contributed by atoms with Gasteiger partial charge in [0.2, 0.25) is 11.4 Å². The summed E-state index contributed by atoms with van der Waals surface area (Å²) in [6, 6.07) is 7.80. The normalized spacial score (nSPS) is 11.6. The van der Waals surface area contributed by atoms with Crippen LogP contribution in [0, 0.1) is 0 Å². The Kier molecular flexibility index (Phi) is 3.72. The van der Waals surface area contributed by atoms with E-state index in [1.165, 1.54) is 6.33 Å². The molecule has 0 radical (unpaired) electrons. The lowest BCUT2D eigenvalue weighted by Crippen LogP contribution is -2.14. The highest BCUT2D eigenvalue weighted by Gasteiger charge is 2.22. The number of benzene rings is 1. The number of nitrogens with zero attached hydrogens (tertiary/aromatic N) is 4. The Bertz CT molecular complexity index is 989. The fourth-order valence-corrected chi connectivity index (χ4v) is 3.83. The lowest BCUT2D eigenvalue weighted by Gasteiger charge is -2.05. The Morgan fingerprint density at radius 3 is 3.04 bits per heavy atom. The minimum Gasteiger partial charge on any atom is -0.280 e. The van der Waals surface area contributed by atoms with E-state index in [2.05, 4.69) is 30.5 Å². The zero-order valence-electron chi connectivity index (χ0n) is 12.5. The first-order valence-corrected chi connectivity index (χ1v) is 8.53. The van der Waals surface area contributed by atoms with Gasteiger partial charge in [-0.2, -0.15) is 10.1 Å². The Hall–Kier alpha value is -3.13. The van der Waals surface area contributed by atoms with E-state index in [-0.39, 0.29) is 12.3 Å². The van der Waals surface area contributed by atoms with E-state index in [0.717, 1.165) is 21.3 Å². The van der Waals surface area contributed by atoms with E-state index in [9.17, 15) is 4.79 Å². The molecule has 1 atom stereocenters. The summed E-state index contributed by atoms with van der Waals surface area (Å²) in [6.45, 7) is 0. The van der Waals surface area contributed by atoms with Gasteiger partial charge in [-0.1, -0.05) is 18.2 Å². The summed E-state index contributed by atoms with van der Waals surface area (Å²) in [7, 11) is -0.505. The molecule has 4 aromatic rings. The molecule has 24 heavy (non-hydrogen) atoms. The molecule has 7 nitrogen and oxygen atoms in total. The van der Waals surface area contributed by atoms with Crippen LogP contribution in [0.4, 0.5) is 5.00 Å². The SMILES string of the molecule is O=C(Cc1cccc2cnccc12)Nc1cnc[s+]1-c1ncn[nH]1. The number of fused-ring (bicyclic) bond motifs is 1. The summed E-state index contributed by atoms with van der Waals surface area (Å²) in [6.07, 6.45) is 6.91. The number of H-pyrrole nitrogens is 1. The van der Waals surface area contributed by atoms with Gasteiger partial charge in [-0.15, -0.1) is 0 Å². The second-order valence-corrected chi connectivity index (χ2v) is 6.83. The van der Waals surface area contributed by atoms with Crippen molar-refractivity contribution in [2.75, 3.05) is 5.32 Å². The predicted octanol–water partition coefficient (Wildman–Crippen LogP) is 2.67. The average molecular weight is 337 g/mol. The van der Waals surface area contributed by atoms with Crippen LogP contribution in [-0.4, -0.2) is 31.1 Å². The molecule has 4 rings (SSSR count). The monoisotopic (exact) mass is 337 g/mol. The molecule has 0 aliphatic heterocycles. The topological polar surface area (TPSA) is 96.5 Å². The molecule has 0 spiro atoms. The second kappa shape index (κ2) is 6.17. The number of nitrogens with one attached hydrogen (secondary N) is 2. The van der Waals surface area contributed by atoms with Gasteiger partial charge in [0.15, 0.2) is 0 Å². The molecule has 0 saturated carbocycles. The first-order chi connectivity index (χ1) is 11.8. The maximum atomic E-state index is 12.5. The number of amides is 1. The van der Waals surface area contributed by atoms with Crippen LogP contribution in [0.25, 0.3) is 15.9 Å². The molecule has 118 valence electrons. The zero-order chi connectivity index (χ0) is 16.4. The van der Waals surface area contributed by atoms with Gasteiger partial charge in [-0.3, -0.25) is 15.1 Å². The third-order valence-corrected chi connectivity index (χ3v) is 5.21. The quantitative estimate of drug-likeness (QED) is 0.558. The number of hydrogen-bond donors (Lipinski definition) is 2. The van der Waals surface area contributed by atoms with Crippen molar-refractivity contribution in [1.29, 1.82) is 0 Å². The van der Waals surface area contributed by atoms with Crippen LogP contribution in [0.2, 0.25) is 0 Å². The summed E-state index contributed by atoms with van der Waals surface area (Å²) in [5, 5.41) is 13.1. The number of thiazole rings is 1. The van der Waals surface area contributed by atoms with Gasteiger partial charge in [0.05, 0.1) is 16.9 Å². The summed E-state index contributed by atoms with van der Waals surface area (Å²) < 4.78 is 0. The van der Waals surface area contributed by atoms with Crippen LogP contribution >= 0.6 is 10.5 Å². The molecule has 0 fully saturated rings. The number of pyridine rings is 1. The van der Waals surface area contributed by atoms with Crippen molar-refractivity contribution < 1.29 is 4.79 Å². The van der Waals surface area contributed by atoms with Crippen molar-refractivity contribution in [3.63, 3.8) is 0 Å². The Morgan fingerprint density at radius 2 is 2.17 bits per heavy atom. The molecular weight excluding hydrogens is 324 g/mol. The van der Waals surface area contributed by atoms with Crippen LogP contribution in [0.15, 0.2) is 54.7 Å². The molecule has 1 amide bonds. The minimum absolute atomic E-state index is 0.0897. The van der Waals surface area contributed by atoms with E-state index in [0.29, 0.717) is 5.16 Å². The van der Waals surface area contributed by atoms with Gasteiger partial charge in [0.1, 0.15) is 12.5 Å². The molecule has 0 saturated heterocycles. The first kappa shape index (κ1) is 14.5. The van der Waals surface area contributed by atoms with Gasteiger partial charge in [0, 0.05) is 17.8 Å². The van der Waals surface area contributed by atoms with E-state index < -0.39 is 10.5 Å². The van der Waals surface area contributed by atoms with Crippen molar-refractivity contribution in [2.45, 2.75) is 6.42 Å². The van der Waals surface area contributed by atoms with Crippen LogP contribution in [0.3, 0.4) is 0 Å². The lowest BCUT2D eigenvalue weighted by atomic mass is 10.0. The van der Waals surface area contributed by atoms with Gasteiger partial charge in [0.25, 0.3) is 5.00 Å². The summed E-state index contributed by atoms with van der Waals surface area (Å²) in [4.78, 5) is 24.8. The van der Waals surface area contributed by atoms with Gasteiger partial charge in [-0.25, -0.2) is 10.1 Å². The van der Waals surface area contributed by atoms with E-state index in [1.807, 2.05) is 24.3 Å². The lowest BCUT2D eigenvalue weighted by molar-refractivity contribution is -0.115. The van der Waals surface area contributed by atoms with E-state index >= 15 is 0 Å². The van der Waals surface area contributed by atoms with Crippen molar-refractivity contribution in [3.05, 3.63) is 60.3 Å². The zero-order valence-corrected chi connectivity index (χ0v) is 13.3. The largest absolute Gasteiger partial charge is 0.370 e. The number of aromatic nitrogens is 5. The third-order valence-electron chi connectivity index (χ3n) is 3.58. The maximum Gasteiger partial charge on any atom is 0.370 e. The van der Waals surface area contributed by atoms with Crippen LogP contribution in [0.1, 0.15) is 5.56 Å². The highest BCUT2D eigenvalue weighted by atomic mass is 32.2. The molecule has 2 N–H and O–H groups in total. The number of rotatable bonds is 4. The number of anilines is 1. The molecule has 0 bridgehead atoms. The smallest absolute Gasteiger partial charge is 0.280 e. The van der Waals surface area contributed by atoms with E-state index in [1.54, 1.807) is 24.1 Å². The van der Waals surface area contributed by atoms with Gasteiger partial charge < -0.3 is 0 Å². The van der Waals surface area contributed by atoms with Gasteiger partial charge in [-0.05, 0) is 17.0 Å². The van der Waals surface area contributed by atoms with Crippen molar-refractivity contribution in [2.24, 2.45) is 0 Å². The molecule has 8 heteroatoms. The Labute approximate surface area is 139 Å². The summed E-state index contributed by atoms with van der Waals surface area (Å²) >= 11 is 0. The second-order valence-electron chi connectivity index (χ2n) is 5.12. The molecule has 3 heterocycles. The number of carbonyl (C=O) groups is 1. The molecule has 1 unspecified atom stereocenters. The molecule has 0 aliphatic carbocycles. The molecular formula is C16H13N6OS+. The predicted molar refractivity (Wildman–Crippen MR) is 92.1 cm³/mol. The van der Waals surface area contributed by atoms with Crippen LogP contribution < -0.4 is 5.32 Å². The minimum atomic E-state index is -0.505. The first-order valence-electron chi connectivity index (χ1n) is 7.24. The fraction of sp³-hybridized carbons (Fsp3) is 0.0625. The van der Waals surface area contributed by atoms with Crippen molar-refractivity contribution in [1.82, 2.24) is 25.1 Å². The summed E-state index contributed by atoms with van der Waals surface area (Å²) in [5.74, 6) is -0.0897. The molecule has 0 aliphatic rings. The van der Waals surface area contributed by atoms with Crippen LogP contribution in [0.5, 0.6) is 0 Å². The van der Waals surface area contributed by atoms with E-state index in [4.69, 9.17) is 0 Å².